The number of nitrogens with zero attached hydrogens (tertiary/aromatic N) is 2. The number of oxazole rings is 1. The molecule has 0 aliphatic carbocycles. The van der Waals surface area contributed by atoms with Gasteiger partial charge in [-0.05, 0) is 44.0 Å². The number of likely N-dealkylation sites (N-methyl/N-ethyl adjacent to an activating group) is 1. The van der Waals surface area contributed by atoms with Crippen molar-refractivity contribution >= 4 is 28.6 Å². The monoisotopic (exact) mass is 381 g/mol. The van der Waals surface area contributed by atoms with Crippen molar-refractivity contribution in [2.45, 2.75) is 27.3 Å². The number of aromatic nitrogens is 1. The van der Waals surface area contributed by atoms with Gasteiger partial charge in [-0.2, -0.15) is 0 Å². The Labute approximate surface area is 162 Å². The van der Waals surface area contributed by atoms with Crippen LogP contribution in [0.1, 0.15) is 16.7 Å². The molecule has 2 amide bonds. The first-order valence-electron chi connectivity index (χ1n) is 8.96. The van der Waals surface area contributed by atoms with Crippen LogP contribution in [0.5, 0.6) is 0 Å². The topological polar surface area (TPSA) is 84.5 Å². The van der Waals surface area contributed by atoms with Crippen LogP contribution in [0.15, 0.2) is 45.6 Å². The van der Waals surface area contributed by atoms with Gasteiger partial charge in [0.15, 0.2) is 5.58 Å². The summed E-state index contributed by atoms with van der Waals surface area (Å²) < 4.78 is 6.40. The largest absolute Gasteiger partial charge is 0.420 e. The Morgan fingerprint density at radius 3 is 2.43 bits per heavy atom. The second-order valence-corrected chi connectivity index (χ2v) is 6.99. The van der Waals surface area contributed by atoms with E-state index in [1.807, 2.05) is 32.9 Å². The summed E-state index contributed by atoms with van der Waals surface area (Å²) in [6, 6.07) is 10.9. The Morgan fingerprint density at radius 2 is 1.75 bits per heavy atom. The number of fused-ring (bicyclic) bond motifs is 1. The Balaban J connectivity index is 1.68. The van der Waals surface area contributed by atoms with E-state index in [4.69, 9.17) is 4.42 Å². The third-order valence-corrected chi connectivity index (χ3v) is 4.62. The third-order valence-electron chi connectivity index (χ3n) is 4.62. The Morgan fingerprint density at radius 1 is 1.11 bits per heavy atom. The van der Waals surface area contributed by atoms with Crippen molar-refractivity contribution in [1.82, 2.24) is 9.47 Å². The minimum absolute atomic E-state index is 0.115. The maximum Gasteiger partial charge on any atom is 0.420 e. The van der Waals surface area contributed by atoms with Crippen molar-refractivity contribution in [2.75, 3.05) is 18.9 Å². The summed E-state index contributed by atoms with van der Waals surface area (Å²) in [4.78, 5) is 38.2. The van der Waals surface area contributed by atoms with Crippen LogP contribution in [0.2, 0.25) is 0 Å². The van der Waals surface area contributed by atoms with Gasteiger partial charge in [-0.15, -0.1) is 0 Å². The van der Waals surface area contributed by atoms with Gasteiger partial charge in [0.2, 0.25) is 11.8 Å². The van der Waals surface area contributed by atoms with E-state index >= 15 is 0 Å². The molecule has 0 unspecified atom stereocenters. The average molecular weight is 381 g/mol. The van der Waals surface area contributed by atoms with Gasteiger partial charge in [0.25, 0.3) is 0 Å². The van der Waals surface area contributed by atoms with Crippen LogP contribution < -0.4 is 11.1 Å². The predicted octanol–water partition coefficient (Wildman–Crippen LogP) is 2.62. The lowest BCUT2D eigenvalue weighted by Crippen LogP contribution is -2.38. The molecule has 0 bridgehead atoms. The maximum absolute atomic E-state index is 12.5. The van der Waals surface area contributed by atoms with E-state index in [1.165, 1.54) is 16.5 Å². The van der Waals surface area contributed by atoms with Gasteiger partial charge in [0.1, 0.15) is 6.54 Å². The highest BCUT2D eigenvalue weighted by molar-refractivity contribution is 5.95. The van der Waals surface area contributed by atoms with Crippen LogP contribution in [0, 0.1) is 20.8 Å². The van der Waals surface area contributed by atoms with E-state index < -0.39 is 5.76 Å². The number of benzene rings is 2. The summed E-state index contributed by atoms with van der Waals surface area (Å²) in [5.41, 5.74) is 4.79. The van der Waals surface area contributed by atoms with Gasteiger partial charge >= 0.3 is 5.76 Å². The molecular weight excluding hydrogens is 358 g/mol. The molecule has 3 rings (SSSR count). The van der Waals surface area contributed by atoms with Gasteiger partial charge in [0, 0.05) is 12.7 Å². The van der Waals surface area contributed by atoms with Crippen molar-refractivity contribution in [2.24, 2.45) is 0 Å². The summed E-state index contributed by atoms with van der Waals surface area (Å²) >= 11 is 0. The summed E-state index contributed by atoms with van der Waals surface area (Å²) in [5.74, 6) is -1.25. The van der Waals surface area contributed by atoms with Gasteiger partial charge in [-0.3, -0.25) is 14.2 Å². The van der Waals surface area contributed by atoms with E-state index in [1.54, 1.807) is 24.3 Å². The smallest absolute Gasteiger partial charge is 0.408 e. The number of rotatable bonds is 5. The van der Waals surface area contributed by atoms with Crippen molar-refractivity contribution < 1.29 is 14.0 Å². The molecule has 7 heteroatoms. The van der Waals surface area contributed by atoms with Crippen molar-refractivity contribution in [3.8, 4) is 0 Å². The van der Waals surface area contributed by atoms with E-state index in [9.17, 15) is 14.4 Å². The third kappa shape index (κ3) is 3.98. The number of aryl methyl sites for hydroxylation is 3. The first-order valence-corrected chi connectivity index (χ1v) is 8.96. The number of amides is 2. The molecule has 0 fully saturated rings. The first-order chi connectivity index (χ1) is 13.3. The van der Waals surface area contributed by atoms with Crippen LogP contribution in [-0.4, -0.2) is 34.9 Å². The minimum atomic E-state index is -0.599. The van der Waals surface area contributed by atoms with Crippen LogP contribution in [0.3, 0.4) is 0 Å². The Hall–Kier alpha value is -3.35. The van der Waals surface area contributed by atoms with E-state index in [-0.39, 0.29) is 24.9 Å². The highest BCUT2D eigenvalue weighted by Crippen LogP contribution is 2.21. The molecule has 0 spiro atoms. The molecule has 0 saturated carbocycles. The fraction of sp³-hybridized carbons (Fsp3) is 0.286. The molecule has 1 heterocycles. The normalized spacial score (nSPS) is 10.9. The van der Waals surface area contributed by atoms with Crippen LogP contribution in [0.25, 0.3) is 11.1 Å². The molecule has 0 atom stereocenters. The number of carbonyl (C=O) groups is 2. The molecule has 28 heavy (non-hydrogen) atoms. The van der Waals surface area contributed by atoms with Gasteiger partial charge < -0.3 is 14.6 Å². The van der Waals surface area contributed by atoms with Crippen molar-refractivity contribution in [3.05, 3.63) is 63.6 Å². The number of hydrogen-bond acceptors (Lipinski definition) is 4. The summed E-state index contributed by atoms with van der Waals surface area (Å²) in [5, 5.41) is 2.87. The summed E-state index contributed by atoms with van der Waals surface area (Å²) in [6.45, 7) is 5.56. The zero-order valence-corrected chi connectivity index (χ0v) is 16.4. The van der Waals surface area contributed by atoms with Gasteiger partial charge in [0.05, 0.1) is 12.1 Å². The quantitative estimate of drug-likeness (QED) is 0.736. The molecule has 3 aromatic rings. The fourth-order valence-electron chi connectivity index (χ4n) is 3.28. The number of hydrogen-bond donors (Lipinski definition) is 1. The lowest BCUT2D eigenvalue weighted by Gasteiger charge is -2.18. The van der Waals surface area contributed by atoms with E-state index in [0.29, 0.717) is 11.1 Å². The Bertz CT molecular complexity index is 1090. The number of carbonyl (C=O) groups excluding carboxylic acids is 2. The first kappa shape index (κ1) is 19.4. The molecule has 2 aromatic carbocycles. The molecule has 0 aliphatic rings. The van der Waals surface area contributed by atoms with Crippen LogP contribution in [-0.2, 0) is 16.1 Å². The second-order valence-electron chi connectivity index (χ2n) is 6.99. The van der Waals surface area contributed by atoms with Crippen LogP contribution in [0.4, 0.5) is 5.69 Å². The van der Waals surface area contributed by atoms with Gasteiger partial charge in [-0.1, -0.05) is 29.8 Å². The minimum Gasteiger partial charge on any atom is -0.408 e. The predicted molar refractivity (Wildman–Crippen MR) is 107 cm³/mol. The lowest BCUT2D eigenvalue weighted by molar-refractivity contribution is -0.133. The van der Waals surface area contributed by atoms with Crippen molar-refractivity contribution in [1.29, 1.82) is 0 Å². The molecule has 0 saturated heterocycles. The summed E-state index contributed by atoms with van der Waals surface area (Å²) in [6.07, 6.45) is 0. The molecular formula is C21H23N3O4. The Kier molecular flexibility index (Phi) is 5.35. The highest BCUT2D eigenvalue weighted by Gasteiger charge is 2.18. The van der Waals surface area contributed by atoms with Crippen molar-refractivity contribution in [3.63, 3.8) is 0 Å². The molecule has 0 aliphatic heterocycles. The number of nitrogens with one attached hydrogen (secondary N) is 1. The zero-order valence-electron chi connectivity index (χ0n) is 16.4. The van der Waals surface area contributed by atoms with E-state index in [0.717, 1.165) is 22.4 Å². The molecule has 1 aromatic heterocycles. The SMILES string of the molecule is Cc1cc(C)c(NC(=O)CN(C)C(=O)Cn2c(=O)oc3ccccc32)c(C)c1. The fourth-order valence-corrected chi connectivity index (χ4v) is 3.28. The average Bonchev–Trinajstić information content (AvgIpc) is 2.93. The second kappa shape index (κ2) is 7.72. The summed E-state index contributed by atoms with van der Waals surface area (Å²) in [7, 11) is 1.53. The number of anilines is 1. The highest BCUT2D eigenvalue weighted by atomic mass is 16.4. The number of para-hydroxylation sites is 2. The lowest BCUT2D eigenvalue weighted by atomic mass is 10.1. The van der Waals surface area contributed by atoms with E-state index in [2.05, 4.69) is 5.32 Å². The standard InChI is InChI=1S/C21H23N3O4/c1-13-9-14(2)20(15(3)10-13)22-18(25)11-23(4)19(26)12-24-16-7-5-6-8-17(16)28-21(24)27/h5-10H,11-12H2,1-4H3,(H,22,25). The maximum atomic E-state index is 12.5. The molecule has 7 nitrogen and oxygen atoms in total. The zero-order chi connectivity index (χ0) is 20.4. The molecule has 0 radical (unpaired) electrons. The molecule has 1 N–H and O–H groups in total. The molecule has 146 valence electrons. The van der Waals surface area contributed by atoms with Gasteiger partial charge in [-0.25, -0.2) is 4.79 Å². The van der Waals surface area contributed by atoms with Crippen LogP contribution >= 0.6 is 0 Å².